The van der Waals surface area contributed by atoms with Crippen LogP contribution in [0.4, 0.5) is 5.69 Å². The Hall–Kier alpha value is -1.12. The Balaban J connectivity index is 1.22. The Kier molecular flexibility index (Phi) is 6.99. The number of benzene rings is 1. The van der Waals surface area contributed by atoms with Crippen LogP contribution in [0.25, 0.3) is 0 Å². The molecular formula is C22H25Br2ClN2O4. The van der Waals surface area contributed by atoms with E-state index >= 15 is 0 Å². The van der Waals surface area contributed by atoms with Crippen LogP contribution in [0.2, 0.25) is 5.02 Å². The molecule has 9 heteroatoms. The minimum atomic E-state index is -0.158. The number of halogens is 3. The first-order chi connectivity index (χ1) is 14.8. The number of fused-ring (bicyclic) bond motifs is 5. The number of nitrogens with one attached hydrogen (secondary N) is 1. The van der Waals surface area contributed by atoms with Crippen molar-refractivity contribution in [3.05, 3.63) is 23.2 Å². The summed E-state index contributed by atoms with van der Waals surface area (Å²) in [6, 6.07) is 5.06. The van der Waals surface area contributed by atoms with Gasteiger partial charge in [0.25, 0.3) is 0 Å². The lowest BCUT2D eigenvalue weighted by Gasteiger charge is -2.28. The summed E-state index contributed by atoms with van der Waals surface area (Å²) in [4.78, 5) is 40.0. The largest absolute Gasteiger partial charge is 0.495 e. The van der Waals surface area contributed by atoms with Gasteiger partial charge in [-0.05, 0) is 49.3 Å². The van der Waals surface area contributed by atoms with Gasteiger partial charge in [-0.1, -0.05) is 49.9 Å². The molecule has 4 rings (SSSR count). The molecule has 6 atom stereocenters. The highest BCUT2D eigenvalue weighted by atomic mass is 79.9. The number of nitrogens with zero attached hydrogens (tertiary/aromatic N) is 1. The molecular weight excluding hydrogens is 552 g/mol. The molecule has 1 heterocycles. The van der Waals surface area contributed by atoms with Gasteiger partial charge in [0.2, 0.25) is 17.7 Å². The number of hydrogen-bond donors (Lipinski definition) is 1. The fourth-order valence-electron chi connectivity index (χ4n) is 5.35. The topological polar surface area (TPSA) is 75.7 Å². The Morgan fingerprint density at radius 2 is 1.77 bits per heavy atom. The van der Waals surface area contributed by atoms with Gasteiger partial charge in [-0.15, -0.1) is 0 Å². The van der Waals surface area contributed by atoms with Crippen LogP contribution >= 0.6 is 43.5 Å². The van der Waals surface area contributed by atoms with E-state index in [0.717, 1.165) is 12.8 Å². The maximum absolute atomic E-state index is 12.9. The zero-order valence-corrected chi connectivity index (χ0v) is 21.1. The quantitative estimate of drug-likeness (QED) is 0.278. The monoisotopic (exact) mass is 574 g/mol. The van der Waals surface area contributed by atoms with Gasteiger partial charge >= 0.3 is 0 Å². The molecule has 2 aliphatic carbocycles. The van der Waals surface area contributed by atoms with Crippen molar-refractivity contribution in [3.8, 4) is 5.75 Å². The lowest BCUT2D eigenvalue weighted by atomic mass is 9.81. The second-order valence-corrected chi connectivity index (χ2v) is 11.1. The second kappa shape index (κ2) is 9.40. The zero-order chi connectivity index (χ0) is 22.3. The van der Waals surface area contributed by atoms with Crippen LogP contribution in [0.3, 0.4) is 0 Å². The zero-order valence-electron chi connectivity index (χ0n) is 17.2. The average Bonchev–Trinajstić information content (AvgIpc) is 3.34. The molecule has 3 amide bonds. The van der Waals surface area contributed by atoms with Crippen molar-refractivity contribution in [1.29, 1.82) is 0 Å². The molecule has 1 aromatic carbocycles. The minimum Gasteiger partial charge on any atom is -0.495 e. The van der Waals surface area contributed by atoms with Crippen LogP contribution in [0, 0.1) is 23.7 Å². The van der Waals surface area contributed by atoms with Gasteiger partial charge in [0, 0.05) is 27.6 Å². The van der Waals surface area contributed by atoms with E-state index in [1.807, 2.05) is 0 Å². The number of ether oxygens (including phenoxy) is 1. The van der Waals surface area contributed by atoms with E-state index in [4.69, 9.17) is 16.3 Å². The van der Waals surface area contributed by atoms with Crippen molar-refractivity contribution in [2.75, 3.05) is 19.0 Å². The summed E-state index contributed by atoms with van der Waals surface area (Å²) in [6.45, 7) is 0.438. The first-order valence-corrected chi connectivity index (χ1v) is 12.8. The van der Waals surface area contributed by atoms with Crippen molar-refractivity contribution in [2.45, 2.75) is 41.8 Å². The number of unbranched alkanes of at least 4 members (excludes halogenated alkanes) is 2. The van der Waals surface area contributed by atoms with Crippen molar-refractivity contribution in [2.24, 2.45) is 23.7 Å². The van der Waals surface area contributed by atoms with Crippen molar-refractivity contribution < 1.29 is 19.1 Å². The number of carbonyl (C=O) groups is 3. The van der Waals surface area contributed by atoms with E-state index in [9.17, 15) is 14.4 Å². The van der Waals surface area contributed by atoms with Gasteiger partial charge in [-0.25, -0.2) is 0 Å². The summed E-state index contributed by atoms with van der Waals surface area (Å²) >= 11 is 13.4. The normalized spacial score (nSPS) is 31.3. The van der Waals surface area contributed by atoms with Crippen molar-refractivity contribution >= 4 is 66.9 Å². The second-order valence-electron chi connectivity index (χ2n) is 8.54. The smallest absolute Gasteiger partial charge is 0.233 e. The van der Waals surface area contributed by atoms with E-state index in [1.54, 1.807) is 18.2 Å². The molecule has 2 saturated carbocycles. The maximum Gasteiger partial charge on any atom is 0.233 e. The Labute approximate surface area is 203 Å². The Bertz CT molecular complexity index is 866. The van der Waals surface area contributed by atoms with E-state index in [-0.39, 0.29) is 51.0 Å². The lowest BCUT2D eigenvalue weighted by Crippen LogP contribution is -2.37. The SMILES string of the molecule is COc1ccc(Cl)cc1NC(=O)CCCCCN1C(=O)[C@@H]2[C@H]3C[C@@H]([C@H](Br)[C@H]3Br)[C@@H]2C1=O. The van der Waals surface area contributed by atoms with Crippen LogP contribution in [0.15, 0.2) is 18.2 Å². The van der Waals surface area contributed by atoms with Gasteiger partial charge in [0.1, 0.15) is 5.75 Å². The van der Waals surface area contributed by atoms with E-state index < -0.39 is 0 Å². The molecule has 1 saturated heterocycles. The summed E-state index contributed by atoms with van der Waals surface area (Å²) in [6.07, 6.45) is 3.44. The fraction of sp³-hybridized carbons (Fsp3) is 0.591. The first-order valence-electron chi connectivity index (χ1n) is 10.6. The Morgan fingerprint density at radius 3 is 2.39 bits per heavy atom. The summed E-state index contributed by atoms with van der Waals surface area (Å²) in [5, 5.41) is 3.34. The number of imide groups is 1. The maximum atomic E-state index is 12.9. The van der Waals surface area contributed by atoms with E-state index in [2.05, 4.69) is 37.2 Å². The van der Waals surface area contributed by atoms with E-state index in [0.29, 0.717) is 42.3 Å². The number of hydrogen-bond acceptors (Lipinski definition) is 4. The molecule has 1 aliphatic heterocycles. The highest BCUT2D eigenvalue weighted by Crippen LogP contribution is 2.60. The fourth-order valence-corrected chi connectivity index (χ4v) is 7.40. The van der Waals surface area contributed by atoms with E-state index in [1.165, 1.54) is 12.0 Å². The molecule has 6 nitrogen and oxygen atoms in total. The molecule has 1 N–H and O–H groups in total. The average molecular weight is 577 g/mol. The standard InChI is InChI=1S/C22H25Br2ClN2O4/c1-31-15-7-6-11(25)9-14(15)26-16(28)5-3-2-4-8-27-21(29)17-12-10-13(18(17)22(27)30)20(24)19(12)23/h6-7,9,12-13,17-20H,2-5,8,10H2,1H3,(H,26,28)/t12-,13-,17-,18+,19+,20+/m1/s1. The van der Waals surface area contributed by atoms with Crippen LogP contribution in [-0.2, 0) is 14.4 Å². The molecule has 3 fully saturated rings. The molecule has 0 unspecified atom stereocenters. The third-order valence-corrected chi connectivity index (χ3v) is 10.2. The molecule has 1 aromatic rings. The van der Waals surface area contributed by atoms with Gasteiger partial charge in [0.15, 0.2) is 0 Å². The molecule has 0 aromatic heterocycles. The van der Waals surface area contributed by atoms with Crippen LogP contribution < -0.4 is 10.1 Å². The highest BCUT2D eigenvalue weighted by molar-refractivity contribution is 9.12. The lowest BCUT2D eigenvalue weighted by molar-refractivity contribution is -0.140. The van der Waals surface area contributed by atoms with Gasteiger partial charge < -0.3 is 10.1 Å². The minimum absolute atomic E-state index is 0.00264. The molecule has 0 spiro atoms. The van der Waals surface area contributed by atoms with Gasteiger partial charge in [0.05, 0.1) is 24.6 Å². The number of alkyl halides is 2. The summed E-state index contributed by atoms with van der Waals surface area (Å²) in [7, 11) is 1.54. The molecule has 31 heavy (non-hydrogen) atoms. The molecule has 0 radical (unpaired) electrons. The summed E-state index contributed by atoms with van der Waals surface area (Å²) < 4.78 is 5.24. The first kappa shape index (κ1) is 23.1. The highest BCUT2D eigenvalue weighted by Gasteiger charge is 2.66. The number of likely N-dealkylation sites (tertiary alicyclic amines) is 1. The summed E-state index contributed by atoms with van der Waals surface area (Å²) in [5.74, 6) is 0.602. The van der Waals surface area contributed by atoms with Crippen LogP contribution in [-0.4, -0.2) is 45.9 Å². The predicted octanol–water partition coefficient (Wildman–Crippen LogP) is 4.63. The molecule has 2 bridgehead atoms. The number of anilines is 1. The number of methoxy groups -OCH3 is 1. The number of amides is 3. The number of rotatable bonds is 8. The van der Waals surface area contributed by atoms with Crippen LogP contribution in [0.1, 0.15) is 32.1 Å². The third kappa shape index (κ3) is 4.27. The molecule has 3 aliphatic rings. The number of carbonyl (C=O) groups excluding carboxylic acids is 3. The predicted molar refractivity (Wildman–Crippen MR) is 126 cm³/mol. The van der Waals surface area contributed by atoms with Gasteiger partial charge in [-0.2, -0.15) is 0 Å². The van der Waals surface area contributed by atoms with Gasteiger partial charge in [-0.3, -0.25) is 19.3 Å². The Morgan fingerprint density at radius 1 is 1.13 bits per heavy atom. The van der Waals surface area contributed by atoms with Crippen molar-refractivity contribution in [3.63, 3.8) is 0 Å². The van der Waals surface area contributed by atoms with Crippen molar-refractivity contribution in [1.82, 2.24) is 4.90 Å². The third-order valence-electron chi connectivity index (χ3n) is 6.80. The molecule has 168 valence electrons. The summed E-state index contributed by atoms with van der Waals surface area (Å²) in [5.41, 5.74) is 0.546. The van der Waals surface area contributed by atoms with Crippen LogP contribution in [0.5, 0.6) is 5.75 Å².